The van der Waals surface area contributed by atoms with Gasteiger partial charge in [-0.2, -0.15) is 0 Å². The van der Waals surface area contributed by atoms with E-state index in [0.717, 1.165) is 6.42 Å². The van der Waals surface area contributed by atoms with Crippen molar-refractivity contribution in [1.29, 1.82) is 0 Å². The van der Waals surface area contributed by atoms with Crippen molar-refractivity contribution in [2.45, 2.75) is 26.7 Å². The number of halogens is 1. The molecule has 0 fully saturated rings. The highest BCUT2D eigenvalue weighted by Crippen LogP contribution is 2.27. The zero-order valence-electron chi connectivity index (χ0n) is 9.12. The van der Waals surface area contributed by atoms with Crippen LogP contribution in [0, 0.1) is 17.0 Å². The van der Waals surface area contributed by atoms with Crippen LogP contribution < -0.4 is 0 Å². The third-order valence-corrected chi connectivity index (χ3v) is 2.78. The third-order valence-electron chi connectivity index (χ3n) is 2.32. The number of carbonyl (C=O) groups is 1. The monoisotopic (exact) mass is 285 g/mol. The summed E-state index contributed by atoms with van der Waals surface area (Å²) < 4.78 is 0.559. The van der Waals surface area contributed by atoms with E-state index >= 15 is 0 Å². The molecule has 0 N–H and O–H groups in total. The fraction of sp³-hybridized carbons (Fsp3) is 0.364. The van der Waals surface area contributed by atoms with Crippen molar-refractivity contribution < 1.29 is 9.72 Å². The molecule has 0 aromatic heterocycles. The van der Waals surface area contributed by atoms with Gasteiger partial charge in [0.05, 0.1) is 4.92 Å². The number of nitrogens with zero attached hydrogens (tertiary/aromatic N) is 1. The smallest absolute Gasteiger partial charge is 0.274 e. The van der Waals surface area contributed by atoms with Gasteiger partial charge in [0, 0.05) is 28.1 Å². The van der Waals surface area contributed by atoms with Gasteiger partial charge >= 0.3 is 0 Å². The molecule has 1 aromatic carbocycles. The first-order valence-corrected chi connectivity index (χ1v) is 5.74. The van der Waals surface area contributed by atoms with Crippen LogP contribution in [0.25, 0.3) is 0 Å². The SMILES string of the molecule is CCCC(=O)c1cc(Br)cc([N+](=O)[O-])c1C. The van der Waals surface area contributed by atoms with Crippen molar-refractivity contribution in [3.05, 3.63) is 37.8 Å². The van der Waals surface area contributed by atoms with Gasteiger partial charge < -0.3 is 0 Å². The van der Waals surface area contributed by atoms with Gasteiger partial charge in [-0.25, -0.2) is 0 Å². The minimum Gasteiger partial charge on any atom is -0.294 e. The number of nitro groups is 1. The largest absolute Gasteiger partial charge is 0.294 e. The maximum atomic E-state index is 11.7. The zero-order valence-corrected chi connectivity index (χ0v) is 10.7. The van der Waals surface area contributed by atoms with Gasteiger partial charge in [0.1, 0.15) is 0 Å². The normalized spacial score (nSPS) is 10.2. The van der Waals surface area contributed by atoms with Gasteiger partial charge in [-0.1, -0.05) is 22.9 Å². The second-order valence-corrected chi connectivity index (χ2v) is 4.44. The van der Waals surface area contributed by atoms with Gasteiger partial charge in [-0.05, 0) is 19.4 Å². The summed E-state index contributed by atoms with van der Waals surface area (Å²) in [7, 11) is 0. The van der Waals surface area contributed by atoms with E-state index < -0.39 is 4.92 Å². The molecule has 0 aliphatic carbocycles. The molecular weight excluding hydrogens is 274 g/mol. The molecule has 0 spiro atoms. The number of hydrogen-bond donors (Lipinski definition) is 0. The lowest BCUT2D eigenvalue weighted by molar-refractivity contribution is -0.385. The lowest BCUT2D eigenvalue weighted by atomic mass is 10.0. The Kier molecular flexibility index (Phi) is 4.18. The van der Waals surface area contributed by atoms with E-state index in [1.54, 1.807) is 13.0 Å². The molecule has 0 saturated carbocycles. The molecule has 0 amide bonds. The number of nitro benzene ring substituents is 1. The van der Waals surface area contributed by atoms with E-state index in [1.165, 1.54) is 6.07 Å². The van der Waals surface area contributed by atoms with Gasteiger partial charge in [-0.3, -0.25) is 14.9 Å². The summed E-state index contributed by atoms with van der Waals surface area (Å²) in [5.41, 5.74) is 0.850. The standard InChI is InChI=1S/C11H12BrNO3/c1-3-4-11(14)9-5-8(12)6-10(7(9)2)13(15)16/h5-6H,3-4H2,1-2H3. The Morgan fingerprint density at radius 1 is 1.50 bits per heavy atom. The number of ketones is 1. The fourth-order valence-corrected chi connectivity index (χ4v) is 1.95. The molecule has 0 bridgehead atoms. The maximum absolute atomic E-state index is 11.7. The summed E-state index contributed by atoms with van der Waals surface area (Å²) in [6.45, 7) is 3.51. The minimum absolute atomic E-state index is 0.0196. The van der Waals surface area contributed by atoms with Crippen molar-refractivity contribution in [2.75, 3.05) is 0 Å². The van der Waals surface area contributed by atoms with Gasteiger partial charge in [0.15, 0.2) is 5.78 Å². The average Bonchev–Trinajstić information content (AvgIpc) is 2.20. The summed E-state index contributed by atoms with van der Waals surface area (Å²) >= 11 is 3.18. The van der Waals surface area contributed by atoms with Crippen molar-refractivity contribution in [2.24, 2.45) is 0 Å². The predicted molar refractivity (Wildman–Crippen MR) is 64.8 cm³/mol. The number of carbonyl (C=O) groups excluding carboxylic acids is 1. The first kappa shape index (κ1) is 12.8. The van der Waals surface area contributed by atoms with E-state index in [-0.39, 0.29) is 11.5 Å². The molecule has 0 heterocycles. The number of Topliss-reactive ketones (excluding diaryl/α,β-unsaturated/α-hetero) is 1. The van der Waals surface area contributed by atoms with Gasteiger partial charge in [-0.15, -0.1) is 0 Å². The maximum Gasteiger partial charge on any atom is 0.274 e. The molecule has 0 aliphatic rings. The Morgan fingerprint density at radius 2 is 2.12 bits per heavy atom. The van der Waals surface area contributed by atoms with Crippen LogP contribution in [0.1, 0.15) is 35.7 Å². The quantitative estimate of drug-likeness (QED) is 0.482. The van der Waals surface area contributed by atoms with Gasteiger partial charge in [0.25, 0.3) is 5.69 Å². The van der Waals surface area contributed by atoms with Crippen LogP contribution in [0.4, 0.5) is 5.69 Å². The molecule has 0 aliphatic heterocycles. The highest BCUT2D eigenvalue weighted by Gasteiger charge is 2.19. The Bertz CT molecular complexity index is 443. The van der Waals surface area contributed by atoms with Gasteiger partial charge in [0.2, 0.25) is 0 Å². The van der Waals surface area contributed by atoms with Crippen LogP contribution >= 0.6 is 15.9 Å². The van der Waals surface area contributed by atoms with Crippen LogP contribution in [0.2, 0.25) is 0 Å². The Morgan fingerprint density at radius 3 is 2.62 bits per heavy atom. The second kappa shape index (κ2) is 5.21. The van der Waals surface area contributed by atoms with Crippen LogP contribution in [-0.2, 0) is 0 Å². The highest BCUT2D eigenvalue weighted by atomic mass is 79.9. The van der Waals surface area contributed by atoms with Crippen LogP contribution in [0.15, 0.2) is 16.6 Å². The van der Waals surface area contributed by atoms with Crippen LogP contribution in [0.3, 0.4) is 0 Å². The van der Waals surface area contributed by atoms with Crippen molar-refractivity contribution in [1.82, 2.24) is 0 Å². The summed E-state index contributed by atoms with van der Waals surface area (Å²) in [4.78, 5) is 22.1. The Labute approximate surface area is 102 Å². The molecule has 0 atom stereocenters. The lowest BCUT2D eigenvalue weighted by Gasteiger charge is -2.05. The molecule has 5 heteroatoms. The molecule has 0 radical (unpaired) electrons. The summed E-state index contributed by atoms with van der Waals surface area (Å²) in [5.74, 6) is -0.0515. The molecule has 0 unspecified atom stereocenters. The Balaban J connectivity index is 3.29. The highest BCUT2D eigenvalue weighted by molar-refractivity contribution is 9.10. The molecule has 4 nitrogen and oxygen atoms in total. The summed E-state index contributed by atoms with van der Waals surface area (Å²) in [6.07, 6.45) is 1.15. The first-order chi connectivity index (χ1) is 7.47. The molecule has 1 aromatic rings. The van der Waals surface area contributed by atoms with E-state index in [9.17, 15) is 14.9 Å². The second-order valence-electron chi connectivity index (χ2n) is 3.53. The first-order valence-electron chi connectivity index (χ1n) is 4.95. The Hall–Kier alpha value is -1.23. The molecule has 1 rings (SSSR count). The molecule has 0 saturated heterocycles. The number of benzene rings is 1. The van der Waals surface area contributed by atoms with Crippen molar-refractivity contribution in [3.8, 4) is 0 Å². The van der Waals surface area contributed by atoms with Crippen molar-refractivity contribution >= 4 is 27.4 Å². The lowest BCUT2D eigenvalue weighted by Crippen LogP contribution is -2.04. The third kappa shape index (κ3) is 2.66. The summed E-state index contributed by atoms with van der Waals surface area (Å²) in [6, 6.07) is 3.05. The van der Waals surface area contributed by atoms with E-state index in [1.807, 2.05) is 6.92 Å². The topological polar surface area (TPSA) is 60.2 Å². The van der Waals surface area contributed by atoms with Crippen LogP contribution in [-0.4, -0.2) is 10.7 Å². The fourth-order valence-electron chi connectivity index (χ4n) is 1.51. The van der Waals surface area contributed by atoms with E-state index in [0.29, 0.717) is 22.0 Å². The summed E-state index contributed by atoms with van der Waals surface area (Å²) in [5, 5.41) is 10.8. The molecule has 86 valence electrons. The van der Waals surface area contributed by atoms with Crippen LogP contribution in [0.5, 0.6) is 0 Å². The predicted octanol–water partition coefficient (Wildman–Crippen LogP) is 3.65. The minimum atomic E-state index is -0.469. The van der Waals surface area contributed by atoms with Crippen molar-refractivity contribution in [3.63, 3.8) is 0 Å². The van der Waals surface area contributed by atoms with E-state index in [4.69, 9.17) is 0 Å². The molecular formula is C11H12BrNO3. The zero-order chi connectivity index (χ0) is 12.3. The number of hydrogen-bond acceptors (Lipinski definition) is 3. The van der Waals surface area contributed by atoms with E-state index in [2.05, 4.69) is 15.9 Å². The average molecular weight is 286 g/mol. The number of rotatable bonds is 4. The molecule has 16 heavy (non-hydrogen) atoms.